The van der Waals surface area contributed by atoms with Crippen molar-refractivity contribution in [1.82, 2.24) is 5.32 Å². The quantitative estimate of drug-likeness (QED) is 0.674. The Bertz CT molecular complexity index is 330. The minimum Gasteiger partial charge on any atom is -0.497 e. The molecule has 4 nitrogen and oxygen atoms in total. The zero-order valence-electron chi connectivity index (χ0n) is 8.73. The van der Waals surface area contributed by atoms with Gasteiger partial charge in [-0.05, 0) is 12.1 Å². The van der Waals surface area contributed by atoms with Gasteiger partial charge in [0.1, 0.15) is 5.75 Å². The minimum atomic E-state index is -0.323. The summed E-state index contributed by atoms with van der Waals surface area (Å²) >= 11 is 0. The van der Waals surface area contributed by atoms with Crippen LogP contribution in [0.2, 0.25) is 0 Å². The molecule has 1 fully saturated rings. The second-order valence-electron chi connectivity index (χ2n) is 3.71. The second kappa shape index (κ2) is 4.51. The maximum absolute atomic E-state index is 9.62. The van der Waals surface area contributed by atoms with Crippen LogP contribution in [0.25, 0.3) is 0 Å². The van der Waals surface area contributed by atoms with Crippen LogP contribution in [0.3, 0.4) is 0 Å². The summed E-state index contributed by atoms with van der Waals surface area (Å²) in [4.78, 5) is 0. The summed E-state index contributed by atoms with van der Waals surface area (Å²) in [5.41, 5.74) is 0.974. The van der Waals surface area contributed by atoms with Crippen LogP contribution in [0.15, 0.2) is 24.3 Å². The number of methoxy groups -OCH3 is 1. The zero-order chi connectivity index (χ0) is 10.7. The fraction of sp³-hybridized carbons (Fsp3) is 0.455. The van der Waals surface area contributed by atoms with Gasteiger partial charge < -0.3 is 20.5 Å². The van der Waals surface area contributed by atoms with Crippen LogP contribution in [0.1, 0.15) is 0 Å². The van der Waals surface area contributed by atoms with Crippen LogP contribution < -0.4 is 15.4 Å². The normalized spacial score (nSPS) is 25.2. The van der Waals surface area contributed by atoms with Gasteiger partial charge in [0.2, 0.25) is 0 Å². The van der Waals surface area contributed by atoms with Gasteiger partial charge in [0.25, 0.3) is 0 Å². The molecule has 2 atom stereocenters. The molecule has 1 heterocycles. The van der Waals surface area contributed by atoms with Gasteiger partial charge in [-0.25, -0.2) is 0 Å². The van der Waals surface area contributed by atoms with Crippen molar-refractivity contribution in [3.8, 4) is 5.75 Å². The average molecular weight is 208 g/mol. The number of nitrogens with one attached hydrogen (secondary N) is 2. The molecule has 0 aliphatic carbocycles. The zero-order valence-corrected chi connectivity index (χ0v) is 8.73. The molecule has 15 heavy (non-hydrogen) atoms. The van der Waals surface area contributed by atoms with Crippen LogP contribution in [0, 0.1) is 0 Å². The van der Waals surface area contributed by atoms with Crippen molar-refractivity contribution in [2.45, 2.75) is 12.1 Å². The van der Waals surface area contributed by atoms with Crippen LogP contribution in [0.5, 0.6) is 5.75 Å². The second-order valence-corrected chi connectivity index (χ2v) is 3.71. The number of aliphatic hydroxyl groups is 1. The Kier molecular flexibility index (Phi) is 3.08. The van der Waals surface area contributed by atoms with Crippen molar-refractivity contribution in [3.63, 3.8) is 0 Å². The van der Waals surface area contributed by atoms with Crippen molar-refractivity contribution < 1.29 is 9.84 Å². The number of β-amino-alcohol motifs (C(OH)–C–C–N with tert-alkyl or cyclic N) is 1. The standard InChI is InChI=1S/C11H16N2O2/c1-15-9-4-2-3-8(5-9)13-10-6-12-7-11(10)14/h2-5,10-14H,6-7H2,1H3/t10-,11-/m1/s1. The molecule has 3 N–H and O–H groups in total. The van der Waals surface area contributed by atoms with E-state index in [4.69, 9.17) is 4.74 Å². The number of hydrogen-bond acceptors (Lipinski definition) is 4. The monoisotopic (exact) mass is 208 g/mol. The third-order valence-corrected chi connectivity index (χ3v) is 2.60. The van der Waals surface area contributed by atoms with Crippen molar-refractivity contribution in [3.05, 3.63) is 24.3 Å². The largest absolute Gasteiger partial charge is 0.497 e. The Balaban J connectivity index is 2.03. The Labute approximate surface area is 89.3 Å². The lowest BCUT2D eigenvalue weighted by Gasteiger charge is -2.17. The molecule has 1 aliphatic heterocycles. The third-order valence-electron chi connectivity index (χ3n) is 2.60. The van der Waals surface area contributed by atoms with E-state index in [0.717, 1.165) is 18.0 Å². The Morgan fingerprint density at radius 2 is 2.33 bits per heavy atom. The predicted octanol–water partition coefficient (Wildman–Crippen LogP) is 0.440. The van der Waals surface area contributed by atoms with Gasteiger partial charge in [0.15, 0.2) is 0 Å². The Hall–Kier alpha value is -1.26. The van der Waals surface area contributed by atoms with E-state index in [1.54, 1.807) is 7.11 Å². The molecule has 82 valence electrons. The summed E-state index contributed by atoms with van der Waals surface area (Å²) in [6.45, 7) is 1.44. The Morgan fingerprint density at radius 3 is 3.00 bits per heavy atom. The number of anilines is 1. The number of benzene rings is 1. The van der Waals surface area contributed by atoms with Gasteiger partial charge in [0, 0.05) is 24.8 Å². The molecule has 4 heteroatoms. The van der Waals surface area contributed by atoms with E-state index in [0.29, 0.717) is 6.54 Å². The van der Waals surface area contributed by atoms with E-state index in [1.165, 1.54) is 0 Å². The summed E-state index contributed by atoms with van der Waals surface area (Å²) in [6, 6.07) is 7.79. The number of aliphatic hydroxyl groups excluding tert-OH is 1. The molecule has 0 spiro atoms. The van der Waals surface area contributed by atoms with E-state index < -0.39 is 0 Å². The third kappa shape index (κ3) is 2.40. The van der Waals surface area contributed by atoms with E-state index >= 15 is 0 Å². The maximum Gasteiger partial charge on any atom is 0.120 e. The molecule has 0 bridgehead atoms. The number of ether oxygens (including phenoxy) is 1. The van der Waals surface area contributed by atoms with Gasteiger partial charge in [-0.2, -0.15) is 0 Å². The summed E-state index contributed by atoms with van der Waals surface area (Å²) < 4.78 is 5.13. The van der Waals surface area contributed by atoms with Gasteiger partial charge in [-0.15, -0.1) is 0 Å². The first kappa shape index (κ1) is 10.3. The molecule has 0 unspecified atom stereocenters. The average Bonchev–Trinajstić information content (AvgIpc) is 2.65. The van der Waals surface area contributed by atoms with Crippen molar-refractivity contribution >= 4 is 5.69 Å². The highest BCUT2D eigenvalue weighted by molar-refractivity contribution is 5.49. The van der Waals surface area contributed by atoms with Gasteiger partial charge in [-0.1, -0.05) is 6.07 Å². The van der Waals surface area contributed by atoms with Crippen molar-refractivity contribution in [1.29, 1.82) is 0 Å². The fourth-order valence-electron chi connectivity index (χ4n) is 1.74. The smallest absolute Gasteiger partial charge is 0.120 e. The Morgan fingerprint density at radius 1 is 1.47 bits per heavy atom. The van der Waals surface area contributed by atoms with Crippen molar-refractivity contribution in [2.24, 2.45) is 0 Å². The first-order chi connectivity index (χ1) is 7.29. The molecular weight excluding hydrogens is 192 g/mol. The van der Waals surface area contributed by atoms with Crippen LogP contribution in [-0.4, -0.2) is 37.5 Å². The van der Waals surface area contributed by atoms with Gasteiger partial charge in [0.05, 0.1) is 19.3 Å². The molecule has 2 rings (SSSR count). The molecule has 0 aromatic heterocycles. The van der Waals surface area contributed by atoms with Crippen molar-refractivity contribution in [2.75, 3.05) is 25.5 Å². The minimum absolute atomic E-state index is 0.0807. The maximum atomic E-state index is 9.62. The molecule has 0 saturated carbocycles. The first-order valence-corrected chi connectivity index (χ1v) is 5.09. The molecule has 1 aliphatic rings. The highest BCUT2D eigenvalue weighted by Gasteiger charge is 2.24. The van der Waals surface area contributed by atoms with Crippen LogP contribution in [0.4, 0.5) is 5.69 Å². The molecular formula is C11H16N2O2. The summed E-state index contributed by atoms with van der Waals surface area (Å²) in [6.07, 6.45) is -0.323. The van der Waals surface area contributed by atoms with E-state index in [1.807, 2.05) is 24.3 Å². The first-order valence-electron chi connectivity index (χ1n) is 5.09. The number of hydrogen-bond donors (Lipinski definition) is 3. The number of rotatable bonds is 3. The van der Waals surface area contributed by atoms with Gasteiger partial charge in [-0.3, -0.25) is 0 Å². The SMILES string of the molecule is COc1cccc(N[C@@H]2CNC[C@H]2O)c1. The van der Waals surface area contributed by atoms with E-state index in [-0.39, 0.29) is 12.1 Å². The fourth-order valence-corrected chi connectivity index (χ4v) is 1.74. The summed E-state index contributed by atoms with van der Waals surface area (Å²) in [5, 5.41) is 16.0. The highest BCUT2D eigenvalue weighted by atomic mass is 16.5. The van der Waals surface area contributed by atoms with E-state index in [9.17, 15) is 5.11 Å². The lowest BCUT2D eigenvalue weighted by molar-refractivity contribution is 0.185. The predicted molar refractivity (Wildman–Crippen MR) is 59.3 cm³/mol. The summed E-state index contributed by atoms with van der Waals surface area (Å²) in [7, 11) is 1.64. The molecule has 0 radical (unpaired) electrons. The molecule has 1 aromatic carbocycles. The van der Waals surface area contributed by atoms with Crippen LogP contribution in [-0.2, 0) is 0 Å². The lowest BCUT2D eigenvalue weighted by Crippen LogP contribution is -2.31. The van der Waals surface area contributed by atoms with Crippen LogP contribution >= 0.6 is 0 Å². The van der Waals surface area contributed by atoms with E-state index in [2.05, 4.69) is 10.6 Å². The molecule has 1 aromatic rings. The van der Waals surface area contributed by atoms with Gasteiger partial charge >= 0.3 is 0 Å². The lowest BCUT2D eigenvalue weighted by atomic mass is 10.2. The summed E-state index contributed by atoms with van der Waals surface area (Å²) in [5.74, 6) is 0.820. The molecule has 1 saturated heterocycles. The highest BCUT2D eigenvalue weighted by Crippen LogP contribution is 2.18. The topological polar surface area (TPSA) is 53.5 Å². The molecule has 0 amide bonds.